The second-order valence-electron chi connectivity index (χ2n) is 19.5. The minimum atomic E-state index is -3.74. The molecule has 13 atom stereocenters. The van der Waals surface area contributed by atoms with Crippen LogP contribution in [0.25, 0.3) is 0 Å². The van der Waals surface area contributed by atoms with E-state index < -0.39 is 40.8 Å². The molecular formula is C39H62N2O9S. The van der Waals surface area contributed by atoms with Gasteiger partial charge in [-0.05, 0) is 115 Å². The molecule has 2 spiro atoms. The fourth-order valence-electron chi connectivity index (χ4n) is 14.2. The predicted molar refractivity (Wildman–Crippen MR) is 189 cm³/mol. The maximum Gasteiger partial charge on any atom is 0.318 e. The summed E-state index contributed by atoms with van der Waals surface area (Å²) in [7, 11) is -3.74. The Bertz CT molecular complexity index is 1540. The molecule has 1 amide bonds. The first kappa shape index (κ1) is 36.7. The van der Waals surface area contributed by atoms with E-state index in [-0.39, 0.29) is 63.8 Å². The first-order valence-electron chi connectivity index (χ1n) is 19.9. The molecule has 288 valence electrons. The number of carbonyl (C=O) groups is 2. The minimum Gasteiger partial charge on any atom is -0.480 e. The van der Waals surface area contributed by atoms with Crippen LogP contribution in [0.2, 0.25) is 0 Å². The molecule has 0 aromatic carbocycles. The SMILES string of the molecule is C[C@@H]1CC(CN(CC(=O)O)S(C)(=O)=O)OC2[C@H]1[C@@]1(C)CCC34C[C@@]35CC[C@H](O[C@H]3CN(C(=O)CC6CC6)CCO3)C(C)(C)[C@@H]5CCC4[C@]1(C)[C@H]2O. The monoisotopic (exact) mass is 734 g/mol. The van der Waals surface area contributed by atoms with Gasteiger partial charge in [0.15, 0.2) is 6.29 Å². The van der Waals surface area contributed by atoms with Crippen LogP contribution >= 0.6 is 0 Å². The lowest BCUT2D eigenvalue weighted by Gasteiger charge is -2.64. The smallest absolute Gasteiger partial charge is 0.318 e. The summed E-state index contributed by atoms with van der Waals surface area (Å²) in [5, 5.41) is 21.9. The van der Waals surface area contributed by atoms with E-state index in [9.17, 15) is 28.2 Å². The number of hydrogen-bond donors (Lipinski definition) is 2. The maximum absolute atomic E-state index is 12.9. The molecule has 2 heterocycles. The van der Waals surface area contributed by atoms with Gasteiger partial charge in [0.1, 0.15) is 6.54 Å². The second-order valence-corrected chi connectivity index (χ2v) is 21.5. The number of morpholine rings is 1. The van der Waals surface area contributed by atoms with Gasteiger partial charge in [0.05, 0.1) is 43.8 Å². The Kier molecular flexibility index (Phi) is 8.69. The molecule has 8 aliphatic rings. The summed E-state index contributed by atoms with van der Waals surface area (Å²) < 4.78 is 45.7. The number of rotatable bonds is 9. The molecule has 2 aliphatic heterocycles. The van der Waals surface area contributed by atoms with Crippen LogP contribution in [0.3, 0.4) is 0 Å². The fraction of sp³-hybridized carbons (Fsp3) is 0.949. The van der Waals surface area contributed by atoms with Gasteiger partial charge < -0.3 is 29.3 Å². The normalized spacial score (nSPS) is 48.5. The van der Waals surface area contributed by atoms with Crippen LogP contribution in [0.1, 0.15) is 105 Å². The molecule has 4 unspecified atom stereocenters. The fourth-order valence-corrected chi connectivity index (χ4v) is 15.0. The minimum absolute atomic E-state index is 0.0178. The third-order valence-electron chi connectivity index (χ3n) is 16.9. The molecular weight excluding hydrogens is 673 g/mol. The topological polar surface area (TPSA) is 143 Å². The van der Waals surface area contributed by atoms with E-state index in [0.717, 1.165) is 49.1 Å². The highest BCUT2D eigenvalue weighted by Gasteiger charge is 2.84. The number of carboxylic acids is 1. The molecule has 51 heavy (non-hydrogen) atoms. The zero-order chi connectivity index (χ0) is 36.5. The highest BCUT2D eigenvalue weighted by Crippen LogP contribution is 2.89. The van der Waals surface area contributed by atoms with Crippen molar-refractivity contribution in [1.82, 2.24) is 9.21 Å². The molecule has 6 saturated carbocycles. The Hall–Kier alpha value is -1.31. The van der Waals surface area contributed by atoms with Crippen molar-refractivity contribution >= 4 is 21.9 Å². The van der Waals surface area contributed by atoms with Crippen molar-refractivity contribution < 1.29 is 42.4 Å². The largest absolute Gasteiger partial charge is 0.480 e. The third kappa shape index (κ3) is 5.44. The number of aliphatic hydroxyl groups is 1. The van der Waals surface area contributed by atoms with E-state index in [1.54, 1.807) is 0 Å². The molecule has 11 nitrogen and oxygen atoms in total. The number of fused-ring (bicyclic) bond motifs is 4. The van der Waals surface area contributed by atoms with Crippen LogP contribution in [0, 0.1) is 56.7 Å². The molecule has 0 bridgehead atoms. The predicted octanol–water partition coefficient (Wildman–Crippen LogP) is 4.52. The first-order chi connectivity index (χ1) is 23.9. The number of hydrogen-bond acceptors (Lipinski definition) is 8. The quantitative estimate of drug-likeness (QED) is 0.350. The zero-order valence-corrected chi connectivity index (χ0v) is 32.5. The highest BCUT2D eigenvalue weighted by molar-refractivity contribution is 7.88. The summed E-state index contributed by atoms with van der Waals surface area (Å²) in [6, 6.07) is 0. The Morgan fingerprint density at radius 2 is 1.71 bits per heavy atom. The van der Waals surface area contributed by atoms with Gasteiger partial charge in [0, 0.05) is 24.9 Å². The summed E-state index contributed by atoms with van der Waals surface area (Å²) in [5.74, 6) is 0.855. The van der Waals surface area contributed by atoms with Crippen molar-refractivity contribution in [2.45, 2.75) is 136 Å². The number of carbonyl (C=O) groups excluding carboxylic acids is 1. The average molecular weight is 735 g/mol. The Balaban J connectivity index is 0.990. The van der Waals surface area contributed by atoms with Gasteiger partial charge in [-0.25, -0.2) is 8.42 Å². The summed E-state index contributed by atoms with van der Waals surface area (Å²) in [6.07, 6.45) is 10.5. The molecule has 2 saturated heterocycles. The summed E-state index contributed by atoms with van der Waals surface area (Å²) in [4.78, 5) is 26.4. The first-order valence-corrected chi connectivity index (χ1v) is 21.8. The van der Waals surface area contributed by atoms with Gasteiger partial charge >= 0.3 is 5.97 Å². The number of aliphatic carboxylic acids is 1. The highest BCUT2D eigenvalue weighted by atomic mass is 32.2. The molecule has 6 aliphatic carbocycles. The van der Waals surface area contributed by atoms with E-state index in [2.05, 4.69) is 34.6 Å². The van der Waals surface area contributed by atoms with Gasteiger partial charge in [0.25, 0.3) is 0 Å². The number of aliphatic hydroxyl groups excluding tert-OH is 1. The molecule has 8 rings (SSSR count). The summed E-state index contributed by atoms with van der Waals surface area (Å²) >= 11 is 0. The van der Waals surface area contributed by atoms with Crippen molar-refractivity contribution in [3.05, 3.63) is 0 Å². The summed E-state index contributed by atoms with van der Waals surface area (Å²) in [5.41, 5.74) is -0.0983. The van der Waals surface area contributed by atoms with Crippen molar-refractivity contribution in [1.29, 1.82) is 0 Å². The Morgan fingerprint density at radius 3 is 2.39 bits per heavy atom. The maximum atomic E-state index is 12.9. The van der Waals surface area contributed by atoms with Gasteiger partial charge in [-0.15, -0.1) is 0 Å². The molecule has 8 fully saturated rings. The number of sulfonamides is 1. The van der Waals surface area contributed by atoms with Crippen LogP contribution in [0.4, 0.5) is 0 Å². The van der Waals surface area contributed by atoms with E-state index in [1.807, 2.05) is 4.90 Å². The van der Waals surface area contributed by atoms with E-state index in [0.29, 0.717) is 50.3 Å². The van der Waals surface area contributed by atoms with Crippen LogP contribution in [0.15, 0.2) is 0 Å². The van der Waals surface area contributed by atoms with Gasteiger partial charge in [-0.1, -0.05) is 34.6 Å². The number of amides is 1. The second kappa shape index (κ2) is 12.1. The molecule has 2 N–H and O–H groups in total. The van der Waals surface area contributed by atoms with E-state index in [1.165, 1.54) is 19.3 Å². The lowest BCUT2D eigenvalue weighted by atomic mass is 9.41. The molecule has 12 heteroatoms. The number of ether oxygens (including phenoxy) is 3. The van der Waals surface area contributed by atoms with E-state index in [4.69, 9.17) is 14.2 Å². The average Bonchev–Trinajstić information content (AvgIpc) is 3.97. The molecule has 0 aromatic rings. The Morgan fingerprint density at radius 1 is 1.00 bits per heavy atom. The van der Waals surface area contributed by atoms with Crippen LogP contribution < -0.4 is 0 Å². The van der Waals surface area contributed by atoms with Crippen molar-refractivity contribution in [2.24, 2.45) is 56.7 Å². The molecule has 0 radical (unpaired) electrons. The Labute approximate surface area is 304 Å². The zero-order valence-electron chi connectivity index (χ0n) is 31.6. The van der Waals surface area contributed by atoms with E-state index >= 15 is 0 Å². The third-order valence-corrected chi connectivity index (χ3v) is 18.1. The lowest BCUT2D eigenvalue weighted by molar-refractivity contribution is -0.248. The lowest BCUT2D eigenvalue weighted by Crippen LogP contribution is -2.60. The van der Waals surface area contributed by atoms with Crippen molar-refractivity contribution in [3.8, 4) is 0 Å². The van der Waals surface area contributed by atoms with Crippen LogP contribution in [-0.4, -0.2) is 109 Å². The molecule has 0 aromatic heterocycles. The summed E-state index contributed by atoms with van der Waals surface area (Å²) in [6.45, 7) is 12.9. The number of carboxylic acid groups (broad SMARTS) is 1. The van der Waals surface area contributed by atoms with Crippen molar-refractivity contribution in [2.75, 3.05) is 39.0 Å². The van der Waals surface area contributed by atoms with Gasteiger partial charge in [-0.2, -0.15) is 4.31 Å². The van der Waals surface area contributed by atoms with Crippen LogP contribution in [0.5, 0.6) is 0 Å². The number of nitrogens with zero attached hydrogens (tertiary/aromatic N) is 2. The standard InChI is InChI=1S/C39H62N2O9S/c1-23-17-25(19-41(20-30(43)44)51(6,46)47)49-33-32(23)36(4)13-14-39-22-38(39)12-11-28(35(2,3)26(38)9-10-27(39)37(36,5)34(33)45)50-31-21-40(15-16-48-31)29(42)18-24-7-8-24/h23-28,31-34,45H,7-22H2,1-6H3,(H,43,44)/t23-,25?,26+,27?,28+,31+,32+,33?,34+,36-,37-,38-,39?/m1/s1. The van der Waals surface area contributed by atoms with Gasteiger partial charge in [-0.3, -0.25) is 9.59 Å². The van der Waals surface area contributed by atoms with Crippen molar-refractivity contribution in [3.63, 3.8) is 0 Å². The van der Waals surface area contributed by atoms with Gasteiger partial charge in [0.2, 0.25) is 15.9 Å². The van der Waals surface area contributed by atoms with Crippen LogP contribution in [-0.2, 0) is 33.8 Å².